The number of nitrogens with zero attached hydrogens (tertiary/aromatic N) is 1. The molecule has 0 amide bonds. The number of rotatable bonds is 5. The molecule has 0 aromatic heterocycles. The number of nitriles is 1. The maximum Gasteiger partial charge on any atom is 0.127 e. The number of benzene rings is 1. The molecule has 0 radical (unpaired) electrons. The second-order valence-corrected chi connectivity index (χ2v) is 8.16. The van der Waals surface area contributed by atoms with E-state index in [1.165, 1.54) is 5.57 Å². The summed E-state index contributed by atoms with van der Waals surface area (Å²) >= 11 is 0. The molecule has 3 heteroatoms. The third-order valence-corrected chi connectivity index (χ3v) is 5.74. The quantitative estimate of drug-likeness (QED) is 0.539. The fourth-order valence-corrected chi connectivity index (χ4v) is 4.37. The Morgan fingerprint density at radius 3 is 2.92 bits per heavy atom. The van der Waals surface area contributed by atoms with Crippen LogP contribution in [0.5, 0.6) is 11.5 Å². The first-order valence-electron chi connectivity index (χ1n) is 9.64. The highest BCUT2D eigenvalue weighted by molar-refractivity contribution is 5.53. The second kappa shape index (κ2) is 7.58. The monoisotopic (exact) mass is 351 g/mol. The highest BCUT2D eigenvalue weighted by Gasteiger charge is 2.45. The van der Waals surface area contributed by atoms with Crippen LogP contribution in [0, 0.1) is 17.2 Å². The van der Waals surface area contributed by atoms with Gasteiger partial charge in [0.1, 0.15) is 17.1 Å². The van der Waals surface area contributed by atoms with Crippen molar-refractivity contribution in [3.63, 3.8) is 0 Å². The standard InChI is InChI=1S/C23H29NO2/c1-16-10-11-19-18(13-16)22-20(25)14-17(9-7-5-4-6-8-12-24)15-21(22)26-23(19,2)3/h5,7,10,14-15,18-19,25H,4,6,8-9,11,13H2,1-3H3/b7-5+. The van der Waals surface area contributed by atoms with Crippen LogP contribution in [0.15, 0.2) is 35.9 Å². The number of aromatic hydroxyl groups is 1. The van der Waals surface area contributed by atoms with Gasteiger partial charge in [-0.2, -0.15) is 5.26 Å². The Kier molecular flexibility index (Phi) is 5.41. The fraction of sp³-hybridized carbons (Fsp3) is 0.522. The molecular weight excluding hydrogens is 322 g/mol. The molecule has 1 aromatic rings. The fourth-order valence-electron chi connectivity index (χ4n) is 4.37. The summed E-state index contributed by atoms with van der Waals surface area (Å²) in [5.74, 6) is 1.94. The van der Waals surface area contributed by atoms with Crippen molar-refractivity contribution >= 4 is 0 Å². The minimum Gasteiger partial charge on any atom is -0.508 e. The average Bonchev–Trinajstić information content (AvgIpc) is 2.56. The van der Waals surface area contributed by atoms with E-state index >= 15 is 0 Å². The van der Waals surface area contributed by atoms with E-state index in [1.54, 1.807) is 0 Å². The molecule has 3 nitrogen and oxygen atoms in total. The van der Waals surface area contributed by atoms with Crippen LogP contribution in [-0.2, 0) is 6.42 Å². The summed E-state index contributed by atoms with van der Waals surface area (Å²) < 4.78 is 6.36. The van der Waals surface area contributed by atoms with E-state index in [0.29, 0.717) is 24.0 Å². The highest BCUT2D eigenvalue weighted by Crippen LogP contribution is 2.54. The van der Waals surface area contributed by atoms with Gasteiger partial charge >= 0.3 is 0 Å². The largest absolute Gasteiger partial charge is 0.508 e. The third kappa shape index (κ3) is 3.80. The zero-order valence-electron chi connectivity index (χ0n) is 16.1. The lowest BCUT2D eigenvalue weighted by Crippen LogP contribution is -2.45. The number of ether oxygens (including phenoxy) is 1. The zero-order valence-corrected chi connectivity index (χ0v) is 16.1. The molecule has 138 valence electrons. The molecule has 1 aromatic carbocycles. The van der Waals surface area contributed by atoms with E-state index in [1.807, 2.05) is 6.07 Å². The normalized spacial score (nSPS) is 23.5. The Morgan fingerprint density at radius 1 is 1.35 bits per heavy atom. The number of unbranched alkanes of at least 4 members (excludes halogenated alkanes) is 2. The van der Waals surface area contributed by atoms with Gasteiger partial charge in [0.15, 0.2) is 0 Å². The summed E-state index contributed by atoms with van der Waals surface area (Å²) in [5.41, 5.74) is 3.23. The smallest absolute Gasteiger partial charge is 0.127 e. The average molecular weight is 351 g/mol. The van der Waals surface area contributed by atoms with Crippen LogP contribution >= 0.6 is 0 Å². The third-order valence-electron chi connectivity index (χ3n) is 5.74. The molecule has 1 heterocycles. The number of fused-ring (bicyclic) bond motifs is 3. The van der Waals surface area contributed by atoms with Gasteiger partial charge in [-0.05, 0) is 70.6 Å². The minimum absolute atomic E-state index is 0.229. The van der Waals surface area contributed by atoms with Crippen molar-refractivity contribution in [2.75, 3.05) is 0 Å². The molecule has 2 atom stereocenters. The molecule has 1 N–H and O–H groups in total. The van der Waals surface area contributed by atoms with Crippen LogP contribution in [0.1, 0.15) is 69.9 Å². The van der Waals surface area contributed by atoms with Crippen molar-refractivity contribution in [3.05, 3.63) is 47.1 Å². The van der Waals surface area contributed by atoms with Crippen molar-refractivity contribution in [1.82, 2.24) is 0 Å². The summed E-state index contributed by atoms with van der Waals surface area (Å²) in [6, 6.07) is 6.16. The first-order valence-corrected chi connectivity index (χ1v) is 9.64. The summed E-state index contributed by atoms with van der Waals surface area (Å²) in [6.45, 7) is 6.52. The Labute approximate surface area is 157 Å². The Morgan fingerprint density at radius 2 is 2.15 bits per heavy atom. The molecule has 0 spiro atoms. The van der Waals surface area contributed by atoms with Gasteiger partial charge in [-0.15, -0.1) is 0 Å². The van der Waals surface area contributed by atoms with E-state index in [0.717, 1.165) is 49.0 Å². The van der Waals surface area contributed by atoms with Crippen LogP contribution in [0.4, 0.5) is 0 Å². The van der Waals surface area contributed by atoms with Crippen LogP contribution in [0.2, 0.25) is 0 Å². The van der Waals surface area contributed by atoms with E-state index in [9.17, 15) is 5.11 Å². The molecule has 0 saturated heterocycles. The van der Waals surface area contributed by atoms with Crippen molar-refractivity contribution < 1.29 is 9.84 Å². The van der Waals surface area contributed by atoms with Gasteiger partial charge in [0.2, 0.25) is 0 Å². The Hall–Kier alpha value is -2.21. The van der Waals surface area contributed by atoms with Crippen LogP contribution < -0.4 is 4.74 Å². The maximum atomic E-state index is 10.7. The molecular formula is C23H29NO2. The first kappa shape index (κ1) is 18.6. The van der Waals surface area contributed by atoms with Gasteiger partial charge in [-0.1, -0.05) is 23.8 Å². The van der Waals surface area contributed by atoms with Gasteiger partial charge in [-0.3, -0.25) is 0 Å². The SMILES string of the molecule is CC1=CCC2C(C1)c1c(O)cc(C/C=C/CCCC#N)cc1OC2(C)C. The molecule has 2 unspecified atom stereocenters. The highest BCUT2D eigenvalue weighted by atomic mass is 16.5. The molecule has 1 aliphatic heterocycles. The van der Waals surface area contributed by atoms with E-state index in [-0.39, 0.29) is 5.60 Å². The van der Waals surface area contributed by atoms with Crippen molar-refractivity contribution in [2.45, 2.75) is 70.8 Å². The maximum absolute atomic E-state index is 10.7. The molecule has 2 aliphatic rings. The van der Waals surface area contributed by atoms with Gasteiger partial charge in [0.05, 0.1) is 6.07 Å². The van der Waals surface area contributed by atoms with E-state index in [2.05, 4.69) is 51.1 Å². The molecule has 1 aliphatic carbocycles. The Balaban J connectivity index is 1.82. The summed E-state index contributed by atoms with van der Waals surface area (Å²) in [7, 11) is 0. The lowest BCUT2D eigenvalue weighted by Gasteiger charge is -2.47. The molecule has 26 heavy (non-hydrogen) atoms. The molecule has 0 bridgehead atoms. The predicted octanol–water partition coefficient (Wildman–Crippen LogP) is 5.80. The lowest BCUT2D eigenvalue weighted by molar-refractivity contribution is 0.00754. The van der Waals surface area contributed by atoms with Crippen molar-refractivity contribution in [2.24, 2.45) is 5.92 Å². The van der Waals surface area contributed by atoms with Gasteiger partial charge in [-0.25, -0.2) is 0 Å². The summed E-state index contributed by atoms with van der Waals surface area (Å²) in [4.78, 5) is 0. The number of hydrogen-bond acceptors (Lipinski definition) is 3. The van der Waals surface area contributed by atoms with Crippen LogP contribution in [-0.4, -0.2) is 10.7 Å². The summed E-state index contributed by atoms with van der Waals surface area (Å²) in [5, 5.41) is 19.3. The molecule has 0 fully saturated rings. The number of phenolic OH excluding ortho intramolecular Hbond substituents is 1. The van der Waals surface area contributed by atoms with E-state index in [4.69, 9.17) is 10.00 Å². The topological polar surface area (TPSA) is 53.2 Å². The number of phenols is 1. The first-order chi connectivity index (χ1) is 12.4. The van der Waals surface area contributed by atoms with Crippen LogP contribution in [0.25, 0.3) is 0 Å². The number of hydrogen-bond donors (Lipinski definition) is 1. The van der Waals surface area contributed by atoms with Gasteiger partial charge < -0.3 is 9.84 Å². The summed E-state index contributed by atoms with van der Waals surface area (Å²) in [6.07, 6.45) is 11.7. The van der Waals surface area contributed by atoms with Gasteiger partial charge in [0.25, 0.3) is 0 Å². The predicted molar refractivity (Wildman–Crippen MR) is 104 cm³/mol. The minimum atomic E-state index is -0.229. The van der Waals surface area contributed by atoms with Crippen molar-refractivity contribution in [1.29, 1.82) is 5.26 Å². The Bertz CT molecular complexity index is 767. The molecule has 0 saturated carbocycles. The number of allylic oxidation sites excluding steroid dienone is 4. The van der Waals surface area contributed by atoms with Gasteiger partial charge in [0, 0.05) is 23.8 Å². The molecule has 3 rings (SSSR count). The zero-order chi connectivity index (χ0) is 18.7. The lowest BCUT2D eigenvalue weighted by atomic mass is 9.67. The second-order valence-electron chi connectivity index (χ2n) is 8.16. The van der Waals surface area contributed by atoms with Crippen LogP contribution in [0.3, 0.4) is 0 Å². The van der Waals surface area contributed by atoms with Crippen molar-refractivity contribution in [3.8, 4) is 17.6 Å². The van der Waals surface area contributed by atoms with E-state index < -0.39 is 0 Å².